The van der Waals surface area contributed by atoms with Gasteiger partial charge >= 0.3 is 0 Å². The van der Waals surface area contributed by atoms with Gasteiger partial charge in [0, 0.05) is 12.3 Å². The van der Waals surface area contributed by atoms with E-state index in [2.05, 4.69) is 19.2 Å². The normalized spacial score (nSPS) is 11.1. The molecular weight excluding hydrogens is 194 g/mol. The Balaban J connectivity index is 1.90. The number of hydrogen-bond donors (Lipinski definition) is 1. The summed E-state index contributed by atoms with van der Waals surface area (Å²) < 4.78 is 5.21. The van der Waals surface area contributed by atoms with E-state index >= 15 is 0 Å². The van der Waals surface area contributed by atoms with E-state index in [1.807, 2.05) is 23.9 Å². The predicted octanol–water partition coefficient (Wildman–Crippen LogP) is 2.76. The first kappa shape index (κ1) is 11.7. The van der Waals surface area contributed by atoms with Gasteiger partial charge in [0.05, 0.1) is 12.8 Å². The van der Waals surface area contributed by atoms with E-state index in [1.54, 1.807) is 6.26 Å². The molecule has 1 aromatic heterocycles. The van der Waals surface area contributed by atoms with Gasteiger partial charge in [-0.15, -0.1) is 0 Å². The first-order valence-corrected chi connectivity index (χ1v) is 6.25. The number of hydrogen-bond acceptors (Lipinski definition) is 3. The third-order valence-electron chi connectivity index (χ3n) is 1.75. The molecule has 0 aromatic carbocycles. The lowest BCUT2D eigenvalue weighted by Crippen LogP contribution is -2.16. The highest BCUT2D eigenvalue weighted by Gasteiger charge is 1.95. The van der Waals surface area contributed by atoms with Crippen LogP contribution in [0, 0.1) is 5.92 Å². The van der Waals surface area contributed by atoms with E-state index in [0.717, 1.165) is 24.8 Å². The smallest absolute Gasteiger partial charge is 0.117 e. The number of thioether (sulfide) groups is 1. The van der Waals surface area contributed by atoms with Gasteiger partial charge in [-0.05, 0) is 23.8 Å². The lowest BCUT2D eigenvalue weighted by atomic mass is 10.3. The monoisotopic (exact) mass is 213 g/mol. The van der Waals surface area contributed by atoms with Gasteiger partial charge in [0.2, 0.25) is 0 Å². The minimum absolute atomic E-state index is 0.796. The molecule has 0 fully saturated rings. The average Bonchev–Trinajstić information content (AvgIpc) is 2.63. The van der Waals surface area contributed by atoms with Crippen LogP contribution in [-0.2, 0) is 6.54 Å². The van der Waals surface area contributed by atoms with Crippen molar-refractivity contribution in [3.63, 3.8) is 0 Å². The molecule has 0 unspecified atom stereocenters. The van der Waals surface area contributed by atoms with Crippen molar-refractivity contribution in [3.8, 4) is 0 Å². The summed E-state index contributed by atoms with van der Waals surface area (Å²) >= 11 is 2.01. The molecule has 0 amide bonds. The molecule has 80 valence electrons. The molecule has 1 N–H and O–H groups in total. The molecule has 0 radical (unpaired) electrons. The van der Waals surface area contributed by atoms with Crippen molar-refractivity contribution in [1.82, 2.24) is 5.32 Å². The first-order valence-electron chi connectivity index (χ1n) is 5.10. The molecule has 0 atom stereocenters. The van der Waals surface area contributed by atoms with Crippen LogP contribution in [0.3, 0.4) is 0 Å². The third kappa shape index (κ3) is 5.35. The summed E-state index contributed by atoms with van der Waals surface area (Å²) in [4.78, 5) is 0. The molecular formula is C11H19NOS. The van der Waals surface area contributed by atoms with Gasteiger partial charge in [0.1, 0.15) is 5.76 Å². The van der Waals surface area contributed by atoms with E-state index in [4.69, 9.17) is 4.42 Å². The minimum atomic E-state index is 0.796. The number of furan rings is 1. The van der Waals surface area contributed by atoms with E-state index in [0.29, 0.717) is 0 Å². The highest BCUT2D eigenvalue weighted by atomic mass is 32.2. The van der Waals surface area contributed by atoms with Crippen LogP contribution in [0.1, 0.15) is 19.6 Å². The van der Waals surface area contributed by atoms with Crippen LogP contribution in [-0.4, -0.2) is 18.1 Å². The fourth-order valence-electron chi connectivity index (χ4n) is 1.09. The molecule has 1 aromatic rings. The fraction of sp³-hybridized carbons (Fsp3) is 0.636. The second-order valence-electron chi connectivity index (χ2n) is 3.72. The Labute approximate surface area is 90.5 Å². The summed E-state index contributed by atoms with van der Waals surface area (Å²) in [7, 11) is 0. The molecule has 0 aliphatic rings. The van der Waals surface area contributed by atoms with Crippen molar-refractivity contribution in [2.24, 2.45) is 5.92 Å². The molecule has 1 rings (SSSR count). The zero-order chi connectivity index (χ0) is 10.2. The lowest BCUT2D eigenvalue weighted by molar-refractivity contribution is 0.488. The Hall–Kier alpha value is -0.410. The summed E-state index contributed by atoms with van der Waals surface area (Å²) in [5.74, 6) is 4.24. The van der Waals surface area contributed by atoms with Gasteiger partial charge in [-0.1, -0.05) is 13.8 Å². The molecule has 0 aliphatic carbocycles. The Morgan fingerprint density at radius 1 is 1.50 bits per heavy atom. The second kappa shape index (κ2) is 6.96. The molecule has 0 spiro atoms. The first-order chi connectivity index (χ1) is 6.79. The van der Waals surface area contributed by atoms with E-state index < -0.39 is 0 Å². The molecule has 1 heterocycles. The lowest BCUT2D eigenvalue weighted by Gasteiger charge is -2.04. The van der Waals surface area contributed by atoms with Gasteiger partial charge in [0.15, 0.2) is 0 Å². The maximum Gasteiger partial charge on any atom is 0.117 e. The quantitative estimate of drug-likeness (QED) is 0.705. The van der Waals surface area contributed by atoms with Crippen molar-refractivity contribution >= 4 is 11.8 Å². The molecule has 0 bridgehead atoms. The van der Waals surface area contributed by atoms with Crippen molar-refractivity contribution in [1.29, 1.82) is 0 Å². The van der Waals surface area contributed by atoms with Crippen molar-refractivity contribution in [2.45, 2.75) is 20.4 Å². The maximum atomic E-state index is 5.21. The van der Waals surface area contributed by atoms with E-state index in [9.17, 15) is 0 Å². The maximum absolute atomic E-state index is 5.21. The summed E-state index contributed by atoms with van der Waals surface area (Å²) in [5.41, 5.74) is 0. The Kier molecular flexibility index (Phi) is 5.80. The van der Waals surface area contributed by atoms with Crippen LogP contribution in [0.2, 0.25) is 0 Å². The summed E-state index contributed by atoms with van der Waals surface area (Å²) in [6.07, 6.45) is 1.71. The van der Waals surface area contributed by atoms with Crippen molar-refractivity contribution in [2.75, 3.05) is 18.1 Å². The zero-order valence-corrected chi connectivity index (χ0v) is 9.77. The van der Waals surface area contributed by atoms with E-state index in [1.165, 1.54) is 11.5 Å². The van der Waals surface area contributed by atoms with Crippen LogP contribution in [0.5, 0.6) is 0 Å². The predicted molar refractivity (Wildman–Crippen MR) is 62.6 cm³/mol. The fourth-order valence-corrected chi connectivity index (χ4v) is 2.01. The van der Waals surface area contributed by atoms with Crippen molar-refractivity contribution < 1.29 is 4.42 Å². The molecule has 14 heavy (non-hydrogen) atoms. The molecule has 0 aliphatic heterocycles. The van der Waals surface area contributed by atoms with E-state index in [-0.39, 0.29) is 0 Å². The third-order valence-corrected chi connectivity index (χ3v) is 3.15. The summed E-state index contributed by atoms with van der Waals surface area (Å²) in [6.45, 7) is 6.40. The van der Waals surface area contributed by atoms with Gasteiger partial charge < -0.3 is 9.73 Å². The Morgan fingerprint density at radius 2 is 2.36 bits per heavy atom. The van der Waals surface area contributed by atoms with Crippen molar-refractivity contribution in [3.05, 3.63) is 24.2 Å². The van der Waals surface area contributed by atoms with Crippen LogP contribution in [0.25, 0.3) is 0 Å². The minimum Gasteiger partial charge on any atom is -0.468 e. The van der Waals surface area contributed by atoms with Crippen LogP contribution < -0.4 is 5.32 Å². The average molecular weight is 213 g/mol. The highest BCUT2D eigenvalue weighted by molar-refractivity contribution is 7.99. The SMILES string of the molecule is CC(C)CSCCNCc1ccco1. The van der Waals surface area contributed by atoms with Gasteiger partial charge in [0.25, 0.3) is 0 Å². The van der Waals surface area contributed by atoms with Crippen LogP contribution in [0.4, 0.5) is 0 Å². The van der Waals surface area contributed by atoms with Gasteiger partial charge in [-0.25, -0.2) is 0 Å². The standard InChI is InChI=1S/C11H19NOS/c1-10(2)9-14-7-5-12-8-11-4-3-6-13-11/h3-4,6,10,12H,5,7-9H2,1-2H3. The van der Waals surface area contributed by atoms with Gasteiger partial charge in [-0.3, -0.25) is 0 Å². The highest BCUT2D eigenvalue weighted by Crippen LogP contribution is 2.06. The molecule has 2 nitrogen and oxygen atoms in total. The second-order valence-corrected chi connectivity index (χ2v) is 4.87. The molecule has 0 saturated heterocycles. The zero-order valence-electron chi connectivity index (χ0n) is 8.95. The Bertz CT molecular complexity index is 221. The van der Waals surface area contributed by atoms with Crippen LogP contribution >= 0.6 is 11.8 Å². The number of rotatable bonds is 7. The Morgan fingerprint density at radius 3 is 3.00 bits per heavy atom. The van der Waals surface area contributed by atoms with Gasteiger partial charge in [-0.2, -0.15) is 11.8 Å². The summed E-state index contributed by atoms with van der Waals surface area (Å²) in [6, 6.07) is 3.92. The summed E-state index contributed by atoms with van der Waals surface area (Å²) in [5, 5.41) is 3.35. The molecule has 0 saturated carbocycles. The number of nitrogens with one attached hydrogen (secondary N) is 1. The molecule has 3 heteroatoms. The largest absolute Gasteiger partial charge is 0.468 e. The van der Waals surface area contributed by atoms with Crippen LogP contribution in [0.15, 0.2) is 22.8 Å². The topological polar surface area (TPSA) is 25.2 Å².